The molecule has 0 spiro atoms. The number of alkyl halides is 3. The van der Waals surface area contributed by atoms with E-state index < -0.39 is 29.1 Å². The molecule has 6 heteroatoms. The van der Waals surface area contributed by atoms with Gasteiger partial charge in [-0.2, -0.15) is 13.2 Å². The van der Waals surface area contributed by atoms with E-state index in [1.54, 1.807) is 0 Å². The number of benzene rings is 2. The van der Waals surface area contributed by atoms with Gasteiger partial charge in [-0.1, -0.05) is 24.3 Å². The van der Waals surface area contributed by atoms with Gasteiger partial charge in [0.15, 0.2) is 17.3 Å². The first-order valence-electron chi connectivity index (χ1n) is 5.37. The first kappa shape index (κ1) is 14.0. The minimum atomic E-state index is -4.69. The second-order valence-electron chi connectivity index (χ2n) is 3.97. The van der Waals surface area contributed by atoms with Gasteiger partial charge in [-0.05, 0) is 23.3 Å². The molecule has 2 rings (SSSR count). The lowest BCUT2D eigenvalue weighted by Gasteiger charge is -2.11. The number of hydrogen-bond donors (Lipinski definition) is 0. The molecule has 0 fully saturated rings. The van der Waals surface area contributed by atoms with Crippen molar-refractivity contribution in [3.8, 4) is 11.1 Å². The number of halogens is 5. The van der Waals surface area contributed by atoms with Gasteiger partial charge in [0, 0.05) is 0 Å². The van der Waals surface area contributed by atoms with Crippen LogP contribution in [0.2, 0.25) is 0 Å². The third-order valence-corrected chi connectivity index (χ3v) is 2.68. The van der Waals surface area contributed by atoms with E-state index in [0.29, 0.717) is 0 Å². The number of hydrogen-bond acceptors (Lipinski definition) is 0. The van der Waals surface area contributed by atoms with Crippen molar-refractivity contribution in [2.45, 2.75) is 6.18 Å². The molecule has 0 N–H and O–H groups in total. The first-order chi connectivity index (χ1) is 9.32. The molecule has 0 aliphatic rings. The molecule has 0 saturated heterocycles. The van der Waals surface area contributed by atoms with Crippen LogP contribution >= 0.6 is 0 Å². The Morgan fingerprint density at radius 2 is 1.45 bits per heavy atom. The molecule has 102 valence electrons. The average molecular weight is 283 g/mol. The van der Waals surface area contributed by atoms with Crippen molar-refractivity contribution < 1.29 is 22.0 Å². The summed E-state index contributed by atoms with van der Waals surface area (Å²) in [5.74, 6) is -2.23. The van der Waals surface area contributed by atoms with Gasteiger partial charge in [0.05, 0.1) is 12.1 Å². The quantitative estimate of drug-likeness (QED) is 0.500. The molecular formula is C14H6F5N. The van der Waals surface area contributed by atoms with E-state index in [-0.39, 0.29) is 11.1 Å². The van der Waals surface area contributed by atoms with Gasteiger partial charge in [0.25, 0.3) is 0 Å². The van der Waals surface area contributed by atoms with Crippen LogP contribution in [0.1, 0.15) is 5.56 Å². The maximum Gasteiger partial charge on any atom is 0.407 e. The summed E-state index contributed by atoms with van der Waals surface area (Å²) in [5, 5.41) is 0. The molecule has 0 saturated carbocycles. The molecule has 0 amide bonds. The second-order valence-corrected chi connectivity index (χ2v) is 3.97. The summed E-state index contributed by atoms with van der Waals surface area (Å²) in [7, 11) is 0. The lowest BCUT2D eigenvalue weighted by atomic mass is 10.0. The summed E-state index contributed by atoms with van der Waals surface area (Å²) in [6.45, 7) is 6.72. The molecule has 2 aromatic rings. The van der Waals surface area contributed by atoms with E-state index in [9.17, 15) is 22.0 Å². The number of rotatable bonds is 1. The predicted octanol–water partition coefficient (Wildman–Crippen LogP) is 5.20. The van der Waals surface area contributed by atoms with Crippen LogP contribution in [-0.2, 0) is 6.18 Å². The lowest BCUT2D eigenvalue weighted by molar-refractivity contribution is -0.136. The lowest BCUT2D eigenvalue weighted by Crippen LogP contribution is -2.05. The van der Waals surface area contributed by atoms with Gasteiger partial charge >= 0.3 is 6.18 Å². The van der Waals surface area contributed by atoms with E-state index in [1.165, 1.54) is 12.1 Å². The predicted molar refractivity (Wildman–Crippen MR) is 63.1 cm³/mol. The van der Waals surface area contributed by atoms with Crippen LogP contribution in [0.4, 0.5) is 27.6 Å². The minimum absolute atomic E-state index is 0.0589. The summed E-state index contributed by atoms with van der Waals surface area (Å²) in [5.41, 5.74) is -1.48. The van der Waals surface area contributed by atoms with Gasteiger partial charge in [-0.3, -0.25) is 0 Å². The van der Waals surface area contributed by atoms with E-state index in [4.69, 9.17) is 6.57 Å². The van der Waals surface area contributed by atoms with E-state index in [0.717, 1.165) is 24.3 Å². The largest absolute Gasteiger partial charge is 0.407 e. The van der Waals surface area contributed by atoms with Crippen molar-refractivity contribution in [1.29, 1.82) is 0 Å². The molecule has 0 unspecified atom stereocenters. The van der Waals surface area contributed by atoms with Crippen LogP contribution in [-0.4, -0.2) is 0 Å². The number of nitrogens with zero attached hydrogens (tertiary/aromatic N) is 1. The molecule has 0 bridgehead atoms. The van der Waals surface area contributed by atoms with Crippen LogP contribution in [0, 0.1) is 18.2 Å². The normalized spacial score (nSPS) is 11.2. The third-order valence-electron chi connectivity index (χ3n) is 2.68. The fourth-order valence-corrected chi connectivity index (χ4v) is 1.72. The topological polar surface area (TPSA) is 4.36 Å². The molecule has 20 heavy (non-hydrogen) atoms. The van der Waals surface area contributed by atoms with Crippen molar-refractivity contribution in [3.63, 3.8) is 0 Å². The van der Waals surface area contributed by atoms with Crippen molar-refractivity contribution in [2.24, 2.45) is 0 Å². The Balaban J connectivity index is 2.59. The van der Waals surface area contributed by atoms with Crippen molar-refractivity contribution in [2.75, 3.05) is 0 Å². The maximum atomic E-state index is 13.1. The zero-order valence-electron chi connectivity index (χ0n) is 9.80. The molecule has 0 atom stereocenters. The Hall–Kier alpha value is -2.42. The Bertz CT molecular complexity index is 698. The Kier molecular flexibility index (Phi) is 3.45. The van der Waals surface area contributed by atoms with Gasteiger partial charge in [-0.25, -0.2) is 13.6 Å². The molecule has 0 radical (unpaired) electrons. The molecule has 1 nitrogen and oxygen atoms in total. The van der Waals surface area contributed by atoms with Crippen LogP contribution in [0.15, 0.2) is 36.4 Å². The highest BCUT2D eigenvalue weighted by atomic mass is 19.4. The monoisotopic (exact) mass is 283 g/mol. The third kappa shape index (κ3) is 2.62. The van der Waals surface area contributed by atoms with Gasteiger partial charge in [-0.15, -0.1) is 0 Å². The van der Waals surface area contributed by atoms with E-state index in [1.807, 2.05) is 0 Å². The highest BCUT2D eigenvalue weighted by Gasteiger charge is 2.33. The molecule has 0 aromatic heterocycles. The van der Waals surface area contributed by atoms with Crippen LogP contribution in [0.3, 0.4) is 0 Å². The average Bonchev–Trinajstić information content (AvgIpc) is 2.40. The first-order valence-corrected chi connectivity index (χ1v) is 5.37. The summed E-state index contributed by atoms with van der Waals surface area (Å²) in [6, 6.07) is 5.83. The summed E-state index contributed by atoms with van der Waals surface area (Å²) >= 11 is 0. The van der Waals surface area contributed by atoms with Crippen molar-refractivity contribution in [3.05, 3.63) is 65.0 Å². The second kappa shape index (κ2) is 4.93. The van der Waals surface area contributed by atoms with Crippen LogP contribution in [0.5, 0.6) is 0 Å². The standard InChI is InChI=1S/C14H6F5N/c1-20-13-5-3-8(6-10(13)14(17,18)19)9-2-4-11(15)12(16)7-9/h2-7H. The Labute approximate surface area is 111 Å². The maximum absolute atomic E-state index is 13.1. The van der Waals surface area contributed by atoms with Gasteiger partial charge < -0.3 is 0 Å². The summed E-state index contributed by atoms with van der Waals surface area (Å²) in [4.78, 5) is 2.80. The van der Waals surface area contributed by atoms with Gasteiger partial charge in [0.2, 0.25) is 0 Å². The smallest absolute Gasteiger partial charge is 0.238 e. The molecule has 0 aliphatic carbocycles. The van der Waals surface area contributed by atoms with Crippen LogP contribution < -0.4 is 0 Å². The zero-order valence-corrected chi connectivity index (χ0v) is 9.80. The van der Waals surface area contributed by atoms with Gasteiger partial charge in [0.1, 0.15) is 0 Å². The summed E-state index contributed by atoms with van der Waals surface area (Å²) < 4.78 is 64.3. The fraction of sp³-hybridized carbons (Fsp3) is 0.0714. The molecule has 0 aliphatic heterocycles. The highest BCUT2D eigenvalue weighted by Crippen LogP contribution is 2.39. The minimum Gasteiger partial charge on any atom is -0.238 e. The van der Waals surface area contributed by atoms with Crippen molar-refractivity contribution >= 4 is 5.69 Å². The molecule has 2 aromatic carbocycles. The molecular weight excluding hydrogens is 277 g/mol. The van der Waals surface area contributed by atoms with Crippen molar-refractivity contribution in [1.82, 2.24) is 0 Å². The molecule has 0 heterocycles. The summed E-state index contributed by atoms with van der Waals surface area (Å²) in [6.07, 6.45) is -4.69. The van der Waals surface area contributed by atoms with Crippen LogP contribution in [0.25, 0.3) is 16.0 Å². The zero-order chi connectivity index (χ0) is 14.9. The Morgan fingerprint density at radius 3 is 2.00 bits per heavy atom. The SMILES string of the molecule is [C-]#[N+]c1ccc(-c2ccc(F)c(F)c2)cc1C(F)(F)F. The Morgan fingerprint density at radius 1 is 0.850 bits per heavy atom. The van der Waals surface area contributed by atoms with E-state index >= 15 is 0 Å². The van der Waals surface area contributed by atoms with E-state index in [2.05, 4.69) is 4.85 Å². The highest BCUT2D eigenvalue weighted by molar-refractivity contribution is 5.69. The fourth-order valence-electron chi connectivity index (χ4n) is 1.72.